The van der Waals surface area contributed by atoms with Gasteiger partial charge in [0.2, 0.25) is 5.91 Å². The van der Waals surface area contributed by atoms with E-state index in [-0.39, 0.29) is 17.9 Å². The summed E-state index contributed by atoms with van der Waals surface area (Å²) in [5, 5.41) is 2.86. The van der Waals surface area contributed by atoms with Crippen molar-refractivity contribution in [3.8, 4) is 0 Å². The third-order valence-corrected chi connectivity index (χ3v) is 2.92. The summed E-state index contributed by atoms with van der Waals surface area (Å²) in [7, 11) is 1.78. The molecule has 0 aliphatic carbocycles. The van der Waals surface area contributed by atoms with Crippen LogP contribution in [0.4, 0.5) is 0 Å². The summed E-state index contributed by atoms with van der Waals surface area (Å²) in [5.41, 5.74) is 0.527. The Labute approximate surface area is 99.8 Å². The Kier molecular flexibility index (Phi) is 3.37. The lowest BCUT2D eigenvalue weighted by molar-refractivity contribution is -0.132. The average Bonchev–Trinajstić information content (AvgIpc) is 2.35. The molecule has 0 saturated carbocycles. The first-order chi connectivity index (χ1) is 8.16. The number of amides is 2. The van der Waals surface area contributed by atoms with Crippen molar-refractivity contribution >= 4 is 11.8 Å². The first-order valence-electron chi connectivity index (χ1n) is 5.61. The van der Waals surface area contributed by atoms with Crippen molar-refractivity contribution in [3.63, 3.8) is 0 Å². The number of pyridine rings is 1. The number of nitrogens with one attached hydrogen (secondary N) is 1. The minimum Gasteiger partial charge on any atom is -0.349 e. The molecule has 5 nitrogen and oxygen atoms in total. The molecule has 17 heavy (non-hydrogen) atoms. The van der Waals surface area contributed by atoms with Crippen LogP contribution in [0.25, 0.3) is 0 Å². The molecular weight excluding hydrogens is 218 g/mol. The molecule has 1 aromatic rings. The van der Waals surface area contributed by atoms with E-state index in [4.69, 9.17) is 0 Å². The van der Waals surface area contributed by atoms with E-state index in [1.807, 2.05) is 0 Å². The second-order valence-electron chi connectivity index (χ2n) is 4.22. The van der Waals surface area contributed by atoms with Gasteiger partial charge in [-0.1, -0.05) is 0 Å². The van der Waals surface area contributed by atoms with Crippen LogP contribution in [0.1, 0.15) is 23.2 Å². The van der Waals surface area contributed by atoms with Crippen molar-refractivity contribution in [3.05, 3.63) is 30.1 Å². The number of rotatable bonds is 2. The van der Waals surface area contributed by atoms with E-state index in [1.54, 1.807) is 30.3 Å². The quantitative estimate of drug-likeness (QED) is 0.806. The van der Waals surface area contributed by atoms with Gasteiger partial charge >= 0.3 is 0 Å². The summed E-state index contributed by atoms with van der Waals surface area (Å²) >= 11 is 0. The van der Waals surface area contributed by atoms with E-state index in [2.05, 4.69) is 10.3 Å². The highest BCUT2D eigenvalue weighted by molar-refractivity contribution is 5.94. The van der Waals surface area contributed by atoms with Crippen LogP contribution in [-0.4, -0.2) is 41.3 Å². The fourth-order valence-corrected chi connectivity index (χ4v) is 1.83. The number of hydrogen-bond acceptors (Lipinski definition) is 3. The van der Waals surface area contributed by atoms with Gasteiger partial charge in [0.15, 0.2) is 0 Å². The molecule has 5 heteroatoms. The van der Waals surface area contributed by atoms with Gasteiger partial charge in [-0.2, -0.15) is 0 Å². The Hall–Kier alpha value is -1.91. The number of aromatic nitrogens is 1. The molecule has 1 unspecified atom stereocenters. The summed E-state index contributed by atoms with van der Waals surface area (Å²) in [6.07, 6.45) is 4.32. The second kappa shape index (κ2) is 4.95. The average molecular weight is 233 g/mol. The van der Waals surface area contributed by atoms with Gasteiger partial charge in [-0.15, -0.1) is 0 Å². The lowest BCUT2D eigenvalue weighted by Gasteiger charge is -2.29. The molecule has 0 aromatic carbocycles. The third kappa shape index (κ3) is 2.81. The van der Waals surface area contributed by atoms with E-state index in [9.17, 15) is 9.59 Å². The smallest absolute Gasteiger partial charge is 0.253 e. The van der Waals surface area contributed by atoms with Crippen molar-refractivity contribution in [1.29, 1.82) is 0 Å². The fraction of sp³-hybridized carbons (Fsp3) is 0.417. The van der Waals surface area contributed by atoms with Crippen LogP contribution in [0.3, 0.4) is 0 Å². The normalized spacial score (nSPS) is 20.2. The van der Waals surface area contributed by atoms with E-state index in [1.165, 1.54) is 6.20 Å². The molecule has 1 atom stereocenters. The molecule has 2 heterocycles. The number of carbonyl (C=O) groups excluding carboxylic acids is 2. The Morgan fingerprint density at radius 1 is 1.59 bits per heavy atom. The monoisotopic (exact) mass is 233 g/mol. The van der Waals surface area contributed by atoms with Crippen LogP contribution in [0, 0.1) is 0 Å². The molecule has 1 aliphatic heterocycles. The minimum absolute atomic E-state index is 0.0635. The number of nitrogens with zero attached hydrogens (tertiary/aromatic N) is 2. The SMILES string of the molecule is CN1CCC(NC(=O)c2cccnc2)CC1=O. The van der Waals surface area contributed by atoms with Crippen LogP contribution >= 0.6 is 0 Å². The highest BCUT2D eigenvalue weighted by Crippen LogP contribution is 2.10. The van der Waals surface area contributed by atoms with Crippen LogP contribution in [-0.2, 0) is 4.79 Å². The Balaban J connectivity index is 1.94. The van der Waals surface area contributed by atoms with E-state index in [0.29, 0.717) is 18.5 Å². The Morgan fingerprint density at radius 2 is 2.41 bits per heavy atom. The lowest BCUT2D eigenvalue weighted by atomic mass is 10.0. The van der Waals surface area contributed by atoms with Crippen molar-refractivity contribution in [1.82, 2.24) is 15.2 Å². The summed E-state index contributed by atoms with van der Waals surface area (Å²) in [5.74, 6) is -0.0896. The van der Waals surface area contributed by atoms with Gasteiger partial charge in [-0.3, -0.25) is 14.6 Å². The molecular formula is C12H15N3O2. The van der Waals surface area contributed by atoms with Crippen LogP contribution < -0.4 is 5.32 Å². The van der Waals surface area contributed by atoms with Gasteiger partial charge in [-0.25, -0.2) is 0 Å². The van der Waals surface area contributed by atoms with Gasteiger partial charge in [0, 0.05) is 38.4 Å². The van der Waals surface area contributed by atoms with Gasteiger partial charge < -0.3 is 10.2 Å². The summed E-state index contributed by atoms with van der Waals surface area (Å²) in [6, 6.07) is 3.36. The van der Waals surface area contributed by atoms with Gasteiger partial charge in [0.1, 0.15) is 0 Å². The van der Waals surface area contributed by atoms with Gasteiger partial charge in [-0.05, 0) is 18.6 Å². The highest BCUT2D eigenvalue weighted by atomic mass is 16.2. The van der Waals surface area contributed by atoms with Crippen LogP contribution in [0.5, 0.6) is 0 Å². The predicted molar refractivity (Wildman–Crippen MR) is 62.4 cm³/mol. The molecule has 0 bridgehead atoms. The van der Waals surface area contributed by atoms with Crippen LogP contribution in [0.15, 0.2) is 24.5 Å². The topological polar surface area (TPSA) is 62.3 Å². The maximum Gasteiger partial charge on any atom is 0.253 e. The summed E-state index contributed by atoms with van der Waals surface area (Å²) < 4.78 is 0. The van der Waals surface area contributed by atoms with E-state index in [0.717, 1.165) is 6.42 Å². The maximum absolute atomic E-state index is 11.8. The zero-order valence-corrected chi connectivity index (χ0v) is 9.72. The molecule has 2 rings (SSSR count). The minimum atomic E-state index is -0.166. The standard InChI is InChI=1S/C12H15N3O2/c1-15-6-4-10(7-11(15)16)14-12(17)9-3-2-5-13-8-9/h2-3,5,8,10H,4,6-7H2,1H3,(H,14,17). The highest BCUT2D eigenvalue weighted by Gasteiger charge is 2.24. The van der Waals surface area contributed by atoms with Crippen molar-refractivity contribution < 1.29 is 9.59 Å². The molecule has 1 N–H and O–H groups in total. The Bertz CT molecular complexity index is 419. The molecule has 1 aromatic heterocycles. The molecule has 0 radical (unpaired) electrons. The Morgan fingerprint density at radius 3 is 3.06 bits per heavy atom. The van der Waals surface area contributed by atoms with Crippen molar-refractivity contribution in [2.24, 2.45) is 0 Å². The molecule has 90 valence electrons. The number of carbonyl (C=O) groups is 2. The van der Waals surface area contributed by atoms with Gasteiger partial charge in [0.05, 0.1) is 5.56 Å². The third-order valence-electron chi connectivity index (χ3n) is 2.92. The first-order valence-corrected chi connectivity index (χ1v) is 5.61. The van der Waals surface area contributed by atoms with E-state index < -0.39 is 0 Å². The molecule has 0 spiro atoms. The van der Waals surface area contributed by atoms with E-state index >= 15 is 0 Å². The molecule has 1 fully saturated rings. The zero-order chi connectivity index (χ0) is 12.3. The van der Waals surface area contributed by atoms with Crippen LogP contribution in [0.2, 0.25) is 0 Å². The maximum atomic E-state index is 11.8. The molecule has 2 amide bonds. The number of hydrogen-bond donors (Lipinski definition) is 1. The first kappa shape index (κ1) is 11.6. The largest absolute Gasteiger partial charge is 0.349 e. The summed E-state index contributed by atoms with van der Waals surface area (Å²) in [6.45, 7) is 0.691. The molecule has 1 aliphatic rings. The second-order valence-corrected chi connectivity index (χ2v) is 4.22. The zero-order valence-electron chi connectivity index (χ0n) is 9.72. The number of likely N-dealkylation sites (tertiary alicyclic amines) is 1. The predicted octanol–water partition coefficient (Wildman–Crippen LogP) is 0.432. The lowest BCUT2D eigenvalue weighted by Crippen LogP contribution is -2.46. The van der Waals surface area contributed by atoms with Crippen molar-refractivity contribution in [2.45, 2.75) is 18.9 Å². The molecule has 1 saturated heterocycles. The van der Waals surface area contributed by atoms with Crippen molar-refractivity contribution in [2.75, 3.05) is 13.6 Å². The fourth-order valence-electron chi connectivity index (χ4n) is 1.83. The summed E-state index contributed by atoms with van der Waals surface area (Å²) in [4.78, 5) is 28.9. The number of piperidine rings is 1. The van der Waals surface area contributed by atoms with Gasteiger partial charge in [0.25, 0.3) is 5.91 Å².